The largest absolute Gasteiger partial charge is 0.479 e. The molecular weight excluding hydrogens is 202 g/mol. The molecule has 6 heteroatoms. The van der Waals surface area contributed by atoms with Gasteiger partial charge in [0.05, 0.1) is 0 Å². The van der Waals surface area contributed by atoms with Crippen molar-refractivity contribution < 1.29 is 24.2 Å². The molecule has 1 aliphatic rings. The molecule has 1 atom stereocenters. The highest BCUT2D eigenvalue weighted by molar-refractivity contribution is 5.78. The fraction of sp³-hybridized carbons (Fsp3) is 0.778. The van der Waals surface area contributed by atoms with Crippen LogP contribution in [0.2, 0.25) is 0 Å². The number of amides is 1. The zero-order valence-corrected chi connectivity index (χ0v) is 8.64. The molecule has 1 fully saturated rings. The van der Waals surface area contributed by atoms with Crippen molar-refractivity contribution in [1.29, 1.82) is 0 Å². The number of rotatable bonds is 5. The van der Waals surface area contributed by atoms with Crippen molar-refractivity contribution >= 4 is 12.1 Å². The Labute approximate surface area is 87.8 Å². The Hall–Kier alpha value is -1.30. The maximum absolute atomic E-state index is 11.3. The zero-order chi connectivity index (χ0) is 11.3. The van der Waals surface area contributed by atoms with Crippen molar-refractivity contribution in [2.45, 2.75) is 18.9 Å². The SMILES string of the molecule is COCCCN1CCC(C(=O)O)OC1=O. The van der Waals surface area contributed by atoms with Crippen LogP contribution in [-0.2, 0) is 14.3 Å². The monoisotopic (exact) mass is 217 g/mol. The second-order valence-electron chi connectivity index (χ2n) is 3.33. The van der Waals surface area contributed by atoms with Crippen molar-refractivity contribution in [3.8, 4) is 0 Å². The predicted octanol–water partition coefficient (Wildman–Crippen LogP) is 0.318. The Morgan fingerprint density at radius 2 is 2.47 bits per heavy atom. The van der Waals surface area contributed by atoms with Crippen LogP contribution >= 0.6 is 0 Å². The van der Waals surface area contributed by atoms with E-state index in [1.165, 1.54) is 4.90 Å². The lowest BCUT2D eigenvalue weighted by molar-refractivity contribution is -0.149. The number of hydrogen-bond donors (Lipinski definition) is 1. The molecule has 0 aromatic carbocycles. The molecule has 0 aromatic rings. The van der Waals surface area contributed by atoms with Crippen molar-refractivity contribution in [2.24, 2.45) is 0 Å². The second-order valence-corrected chi connectivity index (χ2v) is 3.33. The summed E-state index contributed by atoms with van der Waals surface area (Å²) >= 11 is 0. The van der Waals surface area contributed by atoms with E-state index in [0.29, 0.717) is 26.1 Å². The fourth-order valence-electron chi connectivity index (χ4n) is 1.40. The van der Waals surface area contributed by atoms with Crippen molar-refractivity contribution in [2.75, 3.05) is 26.8 Å². The quantitative estimate of drug-likeness (QED) is 0.671. The van der Waals surface area contributed by atoms with E-state index in [-0.39, 0.29) is 0 Å². The summed E-state index contributed by atoms with van der Waals surface area (Å²) in [5.74, 6) is -1.08. The van der Waals surface area contributed by atoms with Crippen LogP contribution in [0.3, 0.4) is 0 Å². The number of cyclic esters (lactones) is 1. The fourth-order valence-corrected chi connectivity index (χ4v) is 1.40. The van der Waals surface area contributed by atoms with Gasteiger partial charge in [-0.05, 0) is 6.42 Å². The molecule has 1 unspecified atom stereocenters. The van der Waals surface area contributed by atoms with Gasteiger partial charge in [0.15, 0.2) is 0 Å². The number of carbonyl (C=O) groups is 2. The summed E-state index contributed by atoms with van der Waals surface area (Å²) in [5, 5.41) is 8.64. The highest BCUT2D eigenvalue weighted by atomic mass is 16.6. The van der Waals surface area contributed by atoms with E-state index in [2.05, 4.69) is 0 Å². The van der Waals surface area contributed by atoms with E-state index >= 15 is 0 Å². The van der Waals surface area contributed by atoms with Gasteiger partial charge in [-0.15, -0.1) is 0 Å². The van der Waals surface area contributed by atoms with Gasteiger partial charge in [0.1, 0.15) is 0 Å². The van der Waals surface area contributed by atoms with Crippen LogP contribution in [0, 0.1) is 0 Å². The minimum Gasteiger partial charge on any atom is -0.479 e. The van der Waals surface area contributed by atoms with Crippen molar-refractivity contribution in [1.82, 2.24) is 4.90 Å². The number of carboxylic acid groups (broad SMARTS) is 1. The third-order valence-electron chi connectivity index (χ3n) is 2.21. The summed E-state index contributed by atoms with van der Waals surface area (Å²) < 4.78 is 9.59. The van der Waals surface area contributed by atoms with E-state index < -0.39 is 18.2 Å². The average molecular weight is 217 g/mol. The summed E-state index contributed by atoms with van der Waals surface area (Å²) in [5.41, 5.74) is 0. The Balaban J connectivity index is 2.32. The molecule has 0 aromatic heterocycles. The standard InChI is InChI=1S/C9H15NO5/c1-14-6-2-4-10-5-3-7(8(11)12)15-9(10)13/h7H,2-6H2,1H3,(H,11,12). The molecule has 1 saturated heterocycles. The van der Waals surface area contributed by atoms with Gasteiger partial charge in [-0.1, -0.05) is 0 Å². The smallest absolute Gasteiger partial charge is 0.410 e. The first kappa shape index (κ1) is 11.8. The molecular formula is C9H15NO5. The summed E-state index contributed by atoms with van der Waals surface area (Å²) in [6, 6.07) is 0. The first-order chi connectivity index (χ1) is 7.15. The third kappa shape index (κ3) is 3.39. The van der Waals surface area contributed by atoms with Gasteiger partial charge in [0, 0.05) is 33.2 Å². The highest BCUT2D eigenvalue weighted by Crippen LogP contribution is 2.12. The second kappa shape index (κ2) is 5.55. The topological polar surface area (TPSA) is 76.1 Å². The van der Waals surface area contributed by atoms with E-state index in [1.54, 1.807) is 7.11 Å². The van der Waals surface area contributed by atoms with Crippen LogP contribution in [0.25, 0.3) is 0 Å². The van der Waals surface area contributed by atoms with E-state index in [9.17, 15) is 9.59 Å². The summed E-state index contributed by atoms with van der Waals surface area (Å²) in [6.45, 7) is 1.55. The van der Waals surface area contributed by atoms with Gasteiger partial charge < -0.3 is 19.5 Å². The molecule has 0 saturated carbocycles. The van der Waals surface area contributed by atoms with Gasteiger partial charge in [0.25, 0.3) is 0 Å². The lowest BCUT2D eigenvalue weighted by Gasteiger charge is -2.29. The first-order valence-electron chi connectivity index (χ1n) is 4.82. The molecule has 1 aliphatic heterocycles. The molecule has 0 spiro atoms. The molecule has 1 heterocycles. The molecule has 1 N–H and O–H groups in total. The number of aliphatic carboxylic acids is 1. The van der Waals surface area contributed by atoms with Gasteiger partial charge in [-0.3, -0.25) is 0 Å². The molecule has 0 bridgehead atoms. The Morgan fingerprint density at radius 3 is 3.00 bits per heavy atom. The van der Waals surface area contributed by atoms with Crippen LogP contribution in [0.1, 0.15) is 12.8 Å². The minimum absolute atomic E-state index is 0.341. The Bertz CT molecular complexity index is 243. The maximum Gasteiger partial charge on any atom is 0.410 e. The molecule has 86 valence electrons. The van der Waals surface area contributed by atoms with Crippen LogP contribution in [0.4, 0.5) is 4.79 Å². The molecule has 1 rings (SSSR count). The molecule has 6 nitrogen and oxygen atoms in total. The maximum atomic E-state index is 11.3. The van der Waals surface area contributed by atoms with E-state index in [4.69, 9.17) is 14.6 Å². The van der Waals surface area contributed by atoms with Gasteiger partial charge in [0.2, 0.25) is 6.10 Å². The Morgan fingerprint density at radius 1 is 1.73 bits per heavy atom. The van der Waals surface area contributed by atoms with Gasteiger partial charge in [-0.2, -0.15) is 0 Å². The lowest BCUT2D eigenvalue weighted by atomic mass is 10.2. The van der Waals surface area contributed by atoms with Gasteiger partial charge >= 0.3 is 12.1 Å². The molecule has 15 heavy (non-hydrogen) atoms. The summed E-state index contributed by atoms with van der Waals surface area (Å²) in [4.78, 5) is 23.4. The number of methoxy groups -OCH3 is 1. The lowest BCUT2D eigenvalue weighted by Crippen LogP contribution is -2.45. The Kier molecular flexibility index (Phi) is 4.36. The number of ether oxygens (including phenoxy) is 2. The molecule has 0 aliphatic carbocycles. The van der Waals surface area contributed by atoms with Crippen LogP contribution in [0.5, 0.6) is 0 Å². The number of carbonyl (C=O) groups excluding carboxylic acids is 1. The molecule has 0 radical (unpaired) electrons. The minimum atomic E-state index is -1.08. The van der Waals surface area contributed by atoms with Crippen LogP contribution < -0.4 is 0 Å². The predicted molar refractivity (Wildman–Crippen MR) is 50.6 cm³/mol. The van der Waals surface area contributed by atoms with Crippen molar-refractivity contribution in [3.63, 3.8) is 0 Å². The summed E-state index contributed by atoms with van der Waals surface area (Å²) in [7, 11) is 1.59. The van der Waals surface area contributed by atoms with Crippen molar-refractivity contribution in [3.05, 3.63) is 0 Å². The van der Waals surface area contributed by atoms with Crippen LogP contribution in [0.15, 0.2) is 0 Å². The summed E-state index contributed by atoms with van der Waals surface area (Å²) in [6.07, 6.45) is -0.474. The number of hydrogen-bond acceptors (Lipinski definition) is 4. The van der Waals surface area contributed by atoms with E-state index in [1.807, 2.05) is 0 Å². The molecule has 1 amide bonds. The normalized spacial score (nSPS) is 21.3. The first-order valence-corrected chi connectivity index (χ1v) is 4.82. The third-order valence-corrected chi connectivity index (χ3v) is 2.21. The van der Waals surface area contributed by atoms with Crippen LogP contribution in [-0.4, -0.2) is 55.0 Å². The van der Waals surface area contributed by atoms with E-state index in [0.717, 1.165) is 6.42 Å². The number of nitrogens with zero attached hydrogens (tertiary/aromatic N) is 1. The zero-order valence-electron chi connectivity index (χ0n) is 8.64. The number of carboxylic acids is 1. The van der Waals surface area contributed by atoms with Gasteiger partial charge in [-0.25, -0.2) is 9.59 Å². The average Bonchev–Trinajstić information content (AvgIpc) is 2.20. The highest BCUT2D eigenvalue weighted by Gasteiger charge is 2.31.